The number of nitrogens with one attached hydrogen (secondary N) is 1. The molecule has 0 unspecified atom stereocenters. The number of ether oxygens (including phenoxy) is 2. The molecule has 12 nitrogen and oxygen atoms in total. The number of hydrogen-bond acceptors (Lipinski definition) is 9. The fraction of sp³-hybridized carbons (Fsp3) is 0. The van der Waals surface area contributed by atoms with Crippen LogP contribution in [0.25, 0.3) is 57.6 Å². The maximum atomic E-state index is 11.0. The van der Waals surface area contributed by atoms with Crippen molar-refractivity contribution in [2.24, 2.45) is 0 Å². The van der Waals surface area contributed by atoms with Crippen LogP contribution in [0.2, 0.25) is 0 Å². The number of fused-ring (bicyclic) bond motifs is 6. The molecule has 0 spiro atoms. The summed E-state index contributed by atoms with van der Waals surface area (Å²) in [4.78, 5) is 34.6. The number of non-ortho nitro benzene ring substituents is 2. The van der Waals surface area contributed by atoms with Crippen molar-refractivity contribution in [3.8, 4) is 45.3 Å². The number of rotatable bonds is 8. The minimum Gasteiger partial charge on any atom is -0.457 e. The zero-order valence-corrected chi connectivity index (χ0v) is 29.4. The third kappa shape index (κ3) is 7.65. The molecular weight excluding hydrogens is 709 g/mol. The van der Waals surface area contributed by atoms with E-state index < -0.39 is 9.85 Å². The first-order valence-electron chi connectivity index (χ1n) is 17.3. The standard InChI is InChI=1S/C44H30N6O6/c45-39-4-2-1-3-30-9-24-41(46-30)44(29-7-18-36(19-8-29)56-38-22-14-34(15-23-38)50(53)54)42-26-11-32(48-42)27-31-10-25-40(47-31)43(39)28-5-16-35(17-6-28)55-37-20-12-33(13-21-37)49(51)52/h1-27,48H,45H2. The van der Waals surface area contributed by atoms with Gasteiger partial charge >= 0.3 is 0 Å². The minimum absolute atomic E-state index is 0.00684. The highest BCUT2D eigenvalue weighted by molar-refractivity contribution is 5.91. The van der Waals surface area contributed by atoms with E-state index in [0.29, 0.717) is 34.4 Å². The molecule has 2 aliphatic heterocycles. The maximum Gasteiger partial charge on any atom is 0.269 e. The van der Waals surface area contributed by atoms with E-state index in [1.807, 2.05) is 115 Å². The Morgan fingerprint density at radius 3 is 1.54 bits per heavy atom. The fourth-order valence-corrected chi connectivity index (χ4v) is 6.23. The van der Waals surface area contributed by atoms with E-state index in [1.165, 1.54) is 24.3 Å². The number of nitro benzene ring substituents is 2. The number of nitrogen functional groups attached to an aromatic ring is 1. The lowest BCUT2D eigenvalue weighted by molar-refractivity contribution is -0.385. The Kier molecular flexibility index (Phi) is 9.41. The molecule has 2 aliphatic rings. The maximum absolute atomic E-state index is 11.0. The first-order valence-corrected chi connectivity index (χ1v) is 17.3. The first kappa shape index (κ1) is 34.9. The van der Waals surface area contributed by atoms with Crippen LogP contribution >= 0.6 is 0 Å². The van der Waals surface area contributed by atoms with Gasteiger partial charge in [0, 0.05) is 52.1 Å². The van der Waals surface area contributed by atoms with E-state index in [9.17, 15) is 20.2 Å². The number of aromatic nitrogens is 3. The second-order valence-corrected chi connectivity index (χ2v) is 12.7. The first-order chi connectivity index (χ1) is 27.3. The van der Waals surface area contributed by atoms with Gasteiger partial charge in [0.05, 0.1) is 32.6 Å². The molecule has 0 saturated carbocycles. The summed E-state index contributed by atoms with van der Waals surface area (Å²) in [5, 5.41) is 22.1. The van der Waals surface area contributed by atoms with Gasteiger partial charge in [-0.3, -0.25) is 20.2 Å². The summed E-state index contributed by atoms with van der Waals surface area (Å²) in [6.07, 6.45) is 7.78. The van der Waals surface area contributed by atoms with Crippen molar-refractivity contribution in [3.05, 3.63) is 183 Å². The van der Waals surface area contributed by atoms with Gasteiger partial charge in [-0.05, 0) is 114 Å². The quantitative estimate of drug-likeness (QED) is 0.114. The Balaban J connectivity index is 1.16. The number of benzene rings is 4. The van der Waals surface area contributed by atoms with E-state index in [0.717, 1.165) is 50.4 Å². The van der Waals surface area contributed by atoms with Crippen LogP contribution in [0.5, 0.6) is 23.0 Å². The highest BCUT2D eigenvalue weighted by Gasteiger charge is 2.14. The van der Waals surface area contributed by atoms with Crippen molar-refractivity contribution in [2.75, 3.05) is 5.73 Å². The van der Waals surface area contributed by atoms with Gasteiger partial charge in [0.25, 0.3) is 11.4 Å². The predicted molar refractivity (Wildman–Crippen MR) is 217 cm³/mol. The van der Waals surface area contributed by atoms with Gasteiger partial charge in [0.15, 0.2) is 0 Å². The minimum atomic E-state index is -0.454. The zero-order chi connectivity index (χ0) is 38.6. The summed E-state index contributed by atoms with van der Waals surface area (Å²) in [6.45, 7) is 0. The van der Waals surface area contributed by atoms with Gasteiger partial charge in [0.2, 0.25) is 0 Å². The van der Waals surface area contributed by atoms with Gasteiger partial charge < -0.3 is 20.2 Å². The molecule has 0 amide bonds. The second kappa shape index (κ2) is 15.1. The van der Waals surface area contributed by atoms with Gasteiger partial charge in [-0.15, -0.1) is 0 Å². The van der Waals surface area contributed by atoms with E-state index in [4.69, 9.17) is 25.2 Å². The number of H-pyrrole nitrogens is 1. The predicted octanol–water partition coefficient (Wildman–Crippen LogP) is 11.1. The highest BCUT2D eigenvalue weighted by Crippen LogP contribution is 2.35. The molecule has 8 rings (SSSR count). The molecule has 0 fully saturated rings. The fourth-order valence-electron chi connectivity index (χ4n) is 6.23. The van der Waals surface area contributed by atoms with Crippen molar-refractivity contribution in [3.63, 3.8) is 0 Å². The van der Waals surface area contributed by atoms with Gasteiger partial charge in [-0.25, -0.2) is 9.97 Å². The van der Waals surface area contributed by atoms with Crippen molar-refractivity contribution in [1.29, 1.82) is 0 Å². The molecule has 3 N–H and O–H groups in total. The number of nitrogens with two attached hydrogens (primary N) is 1. The Labute approximate surface area is 319 Å². The summed E-state index contributed by atoms with van der Waals surface area (Å²) in [5.74, 6) is 2.10. The van der Waals surface area contributed by atoms with Crippen LogP contribution in [0, 0.1) is 20.2 Å². The number of nitrogens with zero attached hydrogens (tertiary/aromatic N) is 4. The van der Waals surface area contributed by atoms with Crippen LogP contribution in [0.4, 0.5) is 17.1 Å². The molecule has 0 atom stereocenters. The van der Waals surface area contributed by atoms with E-state index in [2.05, 4.69) is 4.98 Å². The third-order valence-electron chi connectivity index (χ3n) is 8.91. The lowest BCUT2D eigenvalue weighted by atomic mass is 10.0. The molecule has 2 aromatic heterocycles. The van der Waals surface area contributed by atoms with Gasteiger partial charge in [-0.1, -0.05) is 36.4 Å². The molecule has 4 aromatic carbocycles. The van der Waals surface area contributed by atoms with E-state index in [-0.39, 0.29) is 11.4 Å². The molecule has 0 saturated heterocycles. The SMILES string of the molecule is Nc1ccccc2nc(c(-c3ccc(Oc4ccc([N+](=O)[O-])cc4)cc3)c3ccc(cc4nc(c1-c1ccc(Oc5ccc([N+](=O)[O-])cc5)cc1)C=C4)[nH]3)C=C2. The summed E-state index contributed by atoms with van der Waals surface area (Å²) in [6, 6.07) is 40.3. The lowest BCUT2D eigenvalue weighted by Gasteiger charge is -2.09. The monoisotopic (exact) mass is 738 g/mol. The number of nitro groups is 2. The number of aromatic amines is 1. The molecule has 272 valence electrons. The summed E-state index contributed by atoms with van der Waals surface area (Å²) in [7, 11) is 0. The van der Waals surface area contributed by atoms with Crippen LogP contribution in [-0.2, 0) is 0 Å². The molecule has 0 radical (unpaired) electrons. The average Bonchev–Trinajstić information content (AvgIpc) is 3.98. The highest BCUT2D eigenvalue weighted by atomic mass is 16.6. The number of anilines is 1. The Bertz CT molecular complexity index is 2740. The zero-order valence-electron chi connectivity index (χ0n) is 29.4. The largest absolute Gasteiger partial charge is 0.457 e. The van der Waals surface area contributed by atoms with E-state index in [1.54, 1.807) is 24.3 Å². The van der Waals surface area contributed by atoms with Crippen LogP contribution in [0.3, 0.4) is 0 Å². The van der Waals surface area contributed by atoms with Gasteiger partial charge in [-0.2, -0.15) is 0 Å². The van der Waals surface area contributed by atoms with Crippen molar-refractivity contribution >= 4 is 52.4 Å². The Hall–Kier alpha value is -8.12. The second-order valence-electron chi connectivity index (χ2n) is 12.7. The van der Waals surface area contributed by atoms with Crippen LogP contribution in [0.1, 0.15) is 22.8 Å². The molecule has 4 heterocycles. The molecule has 6 aromatic rings. The normalized spacial score (nSPS) is 11.4. The Morgan fingerprint density at radius 1 is 0.518 bits per heavy atom. The molecule has 12 heteroatoms. The third-order valence-corrected chi connectivity index (χ3v) is 8.91. The lowest BCUT2D eigenvalue weighted by Crippen LogP contribution is -1.92. The summed E-state index contributed by atoms with van der Waals surface area (Å²) >= 11 is 0. The van der Waals surface area contributed by atoms with E-state index >= 15 is 0 Å². The van der Waals surface area contributed by atoms with Crippen LogP contribution < -0.4 is 15.2 Å². The molecular formula is C44H30N6O6. The average molecular weight is 739 g/mol. The molecule has 56 heavy (non-hydrogen) atoms. The van der Waals surface area contributed by atoms with Gasteiger partial charge in [0.1, 0.15) is 23.0 Å². The Morgan fingerprint density at radius 2 is 0.982 bits per heavy atom. The van der Waals surface area contributed by atoms with Crippen LogP contribution in [-0.4, -0.2) is 24.8 Å². The molecule has 6 bridgehead atoms. The number of hydrogen-bond donors (Lipinski definition) is 2. The van der Waals surface area contributed by atoms with Crippen molar-refractivity contribution in [1.82, 2.24) is 15.0 Å². The van der Waals surface area contributed by atoms with Crippen molar-refractivity contribution < 1.29 is 19.3 Å². The van der Waals surface area contributed by atoms with Crippen LogP contribution in [0.15, 0.2) is 140 Å². The molecule has 0 aliphatic carbocycles. The smallest absolute Gasteiger partial charge is 0.269 e. The summed E-state index contributed by atoms with van der Waals surface area (Å²) < 4.78 is 11.9. The topological polar surface area (TPSA) is 172 Å². The van der Waals surface area contributed by atoms with Crippen molar-refractivity contribution in [2.45, 2.75) is 0 Å². The summed E-state index contributed by atoms with van der Waals surface area (Å²) in [5.41, 5.74) is 15.2.